The first-order valence-electron chi connectivity index (χ1n) is 5.64. The number of hydrogen-bond acceptors (Lipinski definition) is 7. The van der Waals surface area contributed by atoms with E-state index in [2.05, 4.69) is 10.3 Å². The summed E-state index contributed by atoms with van der Waals surface area (Å²) in [6.07, 6.45) is 0. The van der Waals surface area contributed by atoms with Gasteiger partial charge in [-0.25, -0.2) is 9.78 Å². The minimum Gasteiger partial charge on any atom is -0.453 e. The predicted octanol–water partition coefficient (Wildman–Crippen LogP) is 2.86. The summed E-state index contributed by atoms with van der Waals surface area (Å²) in [5.74, 6) is -1.34. The van der Waals surface area contributed by atoms with Gasteiger partial charge in [0.1, 0.15) is 0 Å². The third-order valence-corrected chi connectivity index (χ3v) is 4.21. The fourth-order valence-corrected chi connectivity index (χ4v) is 3.01. The van der Waals surface area contributed by atoms with Crippen molar-refractivity contribution in [3.63, 3.8) is 0 Å². The van der Waals surface area contributed by atoms with Gasteiger partial charge in [-0.1, -0.05) is 11.6 Å². The van der Waals surface area contributed by atoms with Crippen LogP contribution in [-0.2, 0) is 9.53 Å². The van der Waals surface area contributed by atoms with E-state index in [0.717, 1.165) is 22.7 Å². The summed E-state index contributed by atoms with van der Waals surface area (Å²) in [5, 5.41) is 4.20. The number of carbonyl (C=O) groups is 3. The molecule has 21 heavy (non-hydrogen) atoms. The van der Waals surface area contributed by atoms with Crippen LogP contribution in [0.4, 0.5) is 5.13 Å². The number of thiazole rings is 1. The Labute approximate surface area is 132 Å². The Kier molecular flexibility index (Phi) is 5.05. The Bertz CT molecular complexity index is 695. The van der Waals surface area contributed by atoms with Gasteiger partial charge in [0.05, 0.1) is 9.21 Å². The number of thiophene rings is 1. The molecule has 0 atom stereocenters. The highest BCUT2D eigenvalue weighted by atomic mass is 35.5. The number of anilines is 1. The summed E-state index contributed by atoms with van der Waals surface area (Å²) in [5.41, 5.74) is 0.0424. The highest BCUT2D eigenvalue weighted by molar-refractivity contribution is 7.18. The zero-order chi connectivity index (χ0) is 15.4. The molecule has 0 aliphatic rings. The number of hydrogen-bond donors (Lipinski definition) is 1. The smallest absolute Gasteiger partial charge is 0.358 e. The lowest BCUT2D eigenvalue weighted by Gasteiger charge is -2.00. The van der Waals surface area contributed by atoms with E-state index in [-0.39, 0.29) is 24.0 Å². The molecule has 0 radical (unpaired) electrons. The summed E-state index contributed by atoms with van der Waals surface area (Å²) < 4.78 is 5.37. The molecule has 0 aromatic carbocycles. The molecule has 0 aliphatic carbocycles. The number of amides is 1. The van der Waals surface area contributed by atoms with E-state index in [4.69, 9.17) is 16.3 Å². The summed E-state index contributed by atoms with van der Waals surface area (Å²) >= 11 is 7.94. The van der Waals surface area contributed by atoms with Gasteiger partial charge in [0.15, 0.2) is 17.4 Å². The number of carbonyl (C=O) groups excluding carboxylic acids is 3. The maximum absolute atomic E-state index is 11.7. The van der Waals surface area contributed by atoms with Gasteiger partial charge in [-0.2, -0.15) is 0 Å². The molecule has 0 fully saturated rings. The predicted molar refractivity (Wildman–Crippen MR) is 80.4 cm³/mol. The van der Waals surface area contributed by atoms with Crippen LogP contribution in [0, 0.1) is 0 Å². The molecule has 0 saturated heterocycles. The molecule has 0 spiro atoms. The van der Waals surface area contributed by atoms with Gasteiger partial charge >= 0.3 is 5.97 Å². The topological polar surface area (TPSA) is 85.4 Å². The van der Waals surface area contributed by atoms with Crippen molar-refractivity contribution in [1.29, 1.82) is 0 Å². The van der Waals surface area contributed by atoms with Crippen LogP contribution < -0.4 is 5.32 Å². The van der Waals surface area contributed by atoms with Crippen LogP contribution in [0.25, 0.3) is 0 Å². The zero-order valence-corrected chi connectivity index (χ0v) is 13.1. The minimum atomic E-state index is -0.723. The van der Waals surface area contributed by atoms with Gasteiger partial charge in [0.25, 0.3) is 0 Å². The molecule has 2 aromatic heterocycles. The first kappa shape index (κ1) is 15.6. The molecule has 110 valence electrons. The molecule has 2 heterocycles. The summed E-state index contributed by atoms with van der Waals surface area (Å²) in [7, 11) is 0. The maximum atomic E-state index is 11.7. The molecular formula is C12H9ClN2O4S2. The fraction of sp³-hybridized carbons (Fsp3) is 0.167. The van der Waals surface area contributed by atoms with Crippen molar-refractivity contribution in [1.82, 2.24) is 4.98 Å². The Morgan fingerprint density at radius 3 is 2.76 bits per heavy atom. The first-order valence-corrected chi connectivity index (χ1v) is 7.72. The van der Waals surface area contributed by atoms with Crippen LogP contribution in [0.15, 0.2) is 17.5 Å². The van der Waals surface area contributed by atoms with Crippen LogP contribution >= 0.6 is 34.3 Å². The van der Waals surface area contributed by atoms with E-state index in [9.17, 15) is 14.4 Å². The normalized spacial score (nSPS) is 10.2. The van der Waals surface area contributed by atoms with Crippen LogP contribution in [0.1, 0.15) is 27.1 Å². The molecule has 6 nitrogen and oxygen atoms in total. The van der Waals surface area contributed by atoms with E-state index in [0.29, 0.717) is 14.3 Å². The number of rotatable bonds is 5. The van der Waals surface area contributed by atoms with Gasteiger partial charge < -0.3 is 10.1 Å². The number of nitrogens with zero attached hydrogens (tertiary/aromatic N) is 1. The first-order chi connectivity index (χ1) is 9.95. The molecule has 0 bridgehead atoms. The van der Waals surface area contributed by atoms with Gasteiger partial charge in [-0.05, 0) is 12.1 Å². The molecule has 0 aliphatic heterocycles. The summed E-state index contributed by atoms with van der Waals surface area (Å²) in [6, 6.07) is 3.17. The highest BCUT2D eigenvalue weighted by Gasteiger charge is 2.16. The molecule has 1 N–H and O–H groups in total. The summed E-state index contributed by atoms with van der Waals surface area (Å²) in [6.45, 7) is 0.951. The number of ether oxygens (including phenoxy) is 1. The lowest BCUT2D eigenvalue weighted by Crippen LogP contribution is -2.14. The molecule has 0 saturated carbocycles. The molecule has 2 rings (SSSR count). The highest BCUT2D eigenvalue weighted by Crippen LogP contribution is 2.22. The Morgan fingerprint density at radius 2 is 2.14 bits per heavy atom. The lowest BCUT2D eigenvalue weighted by molar-refractivity contribution is -0.114. The largest absolute Gasteiger partial charge is 0.453 e. The molecular weight excluding hydrogens is 336 g/mol. The lowest BCUT2D eigenvalue weighted by atomic mass is 10.3. The van der Waals surface area contributed by atoms with E-state index in [1.165, 1.54) is 12.3 Å². The second kappa shape index (κ2) is 6.79. The second-order valence-corrected chi connectivity index (χ2v) is 6.40. The van der Waals surface area contributed by atoms with Gasteiger partial charge in [0, 0.05) is 12.3 Å². The van der Waals surface area contributed by atoms with Crippen molar-refractivity contribution in [3.05, 3.63) is 32.4 Å². The number of ketones is 1. The Hall–Kier alpha value is -1.77. The van der Waals surface area contributed by atoms with Gasteiger partial charge in [-0.15, -0.1) is 22.7 Å². The van der Waals surface area contributed by atoms with E-state index in [1.807, 2.05) is 0 Å². The van der Waals surface area contributed by atoms with Crippen LogP contribution in [0.5, 0.6) is 0 Å². The SMILES string of the molecule is CC(=O)Nc1nc(C(=O)OCC(=O)c2ccc(Cl)s2)cs1. The summed E-state index contributed by atoms with van der Waals surface area (Å²) in [4.78, 5) is 38.6. The van der Waals surface area contributed by atoms with Crippen molar-refractivity contribution in [2.45, 2.75) is 6.92 Å². The molecule has 1 amide bonds. The average Bonchev–Trinajstić information content (AvgIpc) is 3.04. The van der Waals surface area contributed by atoms with Crippen molar-refractivity contribution in [2.75, 3.05) is 11.9 Å². The average molecular weight is 345 g/mol. The Morgan fingerprint density at radius 1 is 1.38 bits per heavy atom. The Balaban J connectivity index is 1.91. The van der Waals surface area contributed by atoms with Gasteiger partial charge in [-0.3, -0.25) is 9.59 Å². The van der Waals surface area contributed by atoms with E-state index in [1.54, 1.807) is 12.1 Å². The second-order valence-electron chi connectivity index (χ2n) is 3.82. The van der Waals surface area contributed by atoms with Gasteiger partial charge in [0.2, 0.25) is 11.7 Å². The fourth-order valence-electron chi connectivity index (χ4n) is 1.32. The monoisotopic (exact) mass is 344 g/mol. The van der Waals surface area contributed by atoms with Crippen LogP contribution in [0.3, 0.4) is 0 Å². The molecule has 2 aromatic rings. The molecule has 0 unspecified atom stereocenters. The van der Waals surface area contributed by atoms with E-state index >= 15 is 0 Å². The maximum Gasteiger partial charge on any atom is 0.358 e. The van der Waals surface area contributed by atoms with Crippen LogP contribution in [-0.4, -0.2) is 29.3 Å². The molecule has 9 heteroatoms. The van der Waals surface area contributed by atoms with Crippen molar-refractivity contribution in [3.8, 4) is 0 Å². The van der Waals surface area contributed by atoms with Crippen molar-refractivity contribution >= 4 is 57.1 Å². The van der Waals surface area contributed by atoms with Crippen LogP contribution in [0.2, 0.25) is 4.34 Å². The number of Topliss-reactive ketones (excluding diaryl/α,β-unsaturated/α-hetero) is 1. The number of esters is 1. The van der Waals surface area contributed by atoms with Crippen molar-refractivity contribution in [2.24, 2.45) is 0 Å². The third-order valence-electron chi connectivity index (χ3n) is 2.18. The standard InChI is InChI=1S/C12H9ClN2O4S2/c1-6(16)14-12-15-7(5-20-12)11(18)19-4-8(17)9-2-3-10(13)21-9/h2-3,5H,4H2,1H3,(H,14,15,16). The number of nitrogens with one attached hydrogen (secondary N) is 1. The number of aromatic nitrogens is 1. The third kappa shape index (κ3) is 4.35. The number of halogens is 1. The quantitative estimate of drug-likeness (QED) is 0.666. The van der Waals surface area contributed by atoms with Crippen molar-refractivity contribution < 1.29 is 19.1 Å². The van der Waals surface area contributed by atoms with E-state index < -0.39 is 5.97 Å². The zero-order valence-electron chi connectivity index (χ0n) is 10.7. The minimum absolute atomic E-state index is 0.0424.